The van der Waals surface area contributed by atoms with Crippen LogP contribution in [-0.2, 0) is 0 Å². The molecule has 4 aromatic rings. The quantitative estimate of drug-likeness (QED) is 0.591. The second-order valence-electron chi connectivity index (χ2n) is 5.46. The Morgan fingerprint density at radius 1 is 1.16 bits per heavy atom. The minimum absolute atomic E-state index is 0.207. The lowest BCUT2D eigenvalue weighted by molar-refractivity contribution is 0.102. The molecule has 0 atom stereocenters. The van der Waals surface area contributed by atoms with Gasteiger partial charge in [-0.2, -0.15) is 4.52 Å². The molecule has 0 aliphatic rings. The Morgan fingerprint density at radius 3 is 2.72 bits per heavy atom. The minimum atomic E-state index is -0.207. The molecule has 2 heterocycles. The molecule has 0 unspecified atom stereocenters. The van der Waals surface area contributed by atoms with Crippen molar-refractivity contribution in [3.05, 3.63) is 64.7 Å². The lowest BCUT2D eigenvalue weighted by Crippen LogP contribution is -2.12. The molecule has 25 heavy (non-hydrogen) atoms. The van der Waals surface area contributed by atoms with Gasteiger partial charge in [0.25, 0.3) is 5.91 Å². The van der Waals surface area contributed by atoms with Crippen LogP contribution in [0.4, 0.5) is 5.13 Å². The Morgan fingerprint density at radius 2 is 1.96 bits per heavy atom. The zero-order valence-electron chi connectivity index (χ0n) is 13.1. The van der Waals surface area contributed by atoms with Gasteiger partial charge < -0.3 is 0 Å². The number of carbonyl (C=O) groups excluding carboxylic acids is 1. The highest BCUT2D eigenvalue weighted by Crippen LogP contribution is 2.25. The van der Waals surface area contributed by atoms with Crippen LogP contribution in [0.2, 0.25) is 5.02 Å². The molecule has 0 aliphatic carbocycles. The third kappa shape index (κ3) is 3.11. The van der Waals surface area contributed by atoms with E-state index in [0.717, 1.165) is 11.1 Å². The number of hydrogen-bond acceptors (Lipinski definition) is 5. The Hall–Kier alpha value is -2.77. The number of aryl methyl sites for hydroxylation is 1. The van der Waals surface area contributed by atoms with Crippen LogP contribution in [0.3, 0.4) is 0 Å². The highest BCUT2D eigenvalue weighted by atomic mass is 35.5. The van der Waals surface area contributed by atoms with Gasteiger partial charge in [-0.15, -0.1) is 15.3 Å². The van der Waals surface area contributed by atoms with Crippen LogP contribution in [0.25, 0.3) is 16.3 Å². The number of rotatable bonds is 3. The molecule has 2 aromatic heterocycles. The number of carbonyl (C=O) groups is 1. The van der Waals surface area contributed by atoms with E-state index < -0.39 is 0 Å². The molecule has 0 fully saturated rings. The summed E-state index contributed by atoms with van der Waals surface area (Å²) in [4.78, 5) is 13.0. The number of amides is 1. The third-order valence-corrected chi connectivity index (χ3v) is 4.66. The zero-order valence-corrected chi connectivity index (χ0v) is 14.7. The summed E-state index contributed by atoms with van der Waals surface area (Å²) >= 11 is 7.18. The van der Waals surface area contributed by atoms with Crippen molar-refractivity contribution in [2.45, 2.75) is 6.92 Å². The molecule has 0 bridgehead atoms. The van der Waals surface area contributed by atoms with Gasteiger partial charge in [-0.05, 0) is 43.3 Å². The van der Waals surface area contributed by atoms with E-state index in [2.05, 4.69) is 20.6 Å². The summed E-state index contributed by atoms with van der Waals surface area (Å²) < 4.78 is 1.61. The summed E-state index contributed by atoms with van der Waals surface area (Å²) in [6.45, 7) is 1.94. The maximum Gasteiger partial charge on any atom is 0.257 e. The van der Waals surface area contributed by atoms with E-state index in [1.54, 1.807) is 22.7 Å². The van der Waals surface area contributed by atoms with Crippen molar-refractivity contribution >= 4 is 38.9 Å². The maximum atomic E-state index is 12.4. The van der Waals surface area contributed by atoms with Crippen LogP contribution in [-0.4, -0.2) is 25.7 Å². The van der Waals surface area contributed by atoms with E-state index in [1.165, 1.54) is 11.3 Å². The fourth-order valence-corrected chi connectivity index (χ4v) is 3.26. The normalized spacial score (nSPS) is 11.0. The van der Waals surface area contributed by atoms with Crippen LogP contribution in [0, 0.1) is 6.92 Å². The van der Waals surface area contributed by atoms with Crippen LogP contribution >= 0.6 is 22.9 Å². The number of benzene rings is 2. The first-order chi connectivity index (χ1) is 12.1. The summed E-state index contributed by atoms with van der Waals surface area (Å²) in [6.07, 6.45) is 0. The number of anilines is 1. The summed E-state index contributed by atoms with van der Waals surface area (Å²) in [6, 6.07) is 14.7. The largest absolute Gasteiger partial charge is 0.296 e. The SMILES string of the molecule is Cc1cccc(C(=O)Nc2nn3c(-c4ccc(Cl)cc4)nnc3s2)c1. The summed E-state index contributed by atoms with van der Waals surface area (Å²) in [7, 11) is 0. The van der Waals surface area contributed by atoms with Gasteiger partial charge in [0.2, 0.25) is 10.1 Å². The monoisotopic (exact) mass is 369 g/mol. The Kier molecular flexibility index (Phi) is 3.95. The molecule has 124 valence electrons. The highest BCUT2D eigenvalue weighted by molar-refractivity contribution is 7.20. The average molecular weight is 370 g/mol. The number of fused-ring (bicyclic) bond motifs is 1. The molecular weight excluding hydrogens is 358 g/mol. The van der Waals surface area contributed by atoms with E-state index >= 15 is 0 Å². The summed E-state index contributed by atoms with van der Waals surface area (Å²) in [5.41, 5.74) is 2.46. The lowest BCUT2D eigenvalue weighted by Gasteiger charge is -2.02. The van der Waals surface area contributed by atoms with Crippen molar-refractivity contribution in [2.24, 2.45) is 0 Å². The number of aromatic nitrogens is 4. The van der Waals surface area contributed by atoms with Gasteiger partial charge in [0.1, 0.15) is 0 Å². The topological polar surface area (TPSA) is 72.2 Å². The predicted molar refractivity (Wildman–Crippen MR) is 98.2 cm³/mol. The smallest absolute Gasteiger partial charge is 0.257 e. The van der Waals surface area contributed by atoms with Gasteiger partial charge >= 0.3 is 0 Å². The van der Waals surface area contributed by atoms with E-state index in [4.69, 9.17) is 11.6 Å². The second-order valence-corrected chi connectivity index (χ2v) is 6.85. The van der Waals surface area contributed by atoms with Crippen molar-refractivity contribution in [2.75, 3.05) is 5.32 Å². The summed E-state index contributed by atoms with van der Waals surface area (Å²) in [5, 5.41) is 16.6. The zero-order chi connectivity index (χ0) is 17.4. The number of hydrogen-bond donors (Lipinski definition) is 1. The van der Waals surface area contributed by atoms with Crippen molar-refractivity contribution in [1.29, 1.82) is 0 Å². The summed E-state index contributed by atoms with van der Waals surface area (Å²) in [5.74, 6) is 0.390. The number of nitrogens with zero attached hydrogens (tertiary/aromatic N) is 4. The minimum Gasteiger partial charge on any atom is -0.296 e. The van der Waals surface area contributed by atoms with E-state index in [0.29, 0.717) is 26.5 Å². The van der Waals surface area contributed by atoms with Crippen molar-refractivity contribution < 1.29 is 4.79 Å². The third-order valence-electron chi connectivity index (χ3n) is 3.59. The van der Waals surface area contributed by atoms with Crippen LogP contribution in [0.15, 0.2) is 48.5 Å². The molecule has 1 amide bonds. The molecule has 6 nitrogen and oxygen atoms in total. The van der Waals surface area contributed by atoms with Gasteiger partial charge in [-0.3, -0.25) is 10.1 Å². The van der Waals surface area contributed by atoms with Gasteiger partial charge in [0, 0.05) is 16.1 Å². The fourth-order valence-electron chi connectivity index (χ4n) is 2.40. The Bertz CT molecular complexity index is 1070. The first kappa shape index (κ1) is 15.7. The Balaban J connectivity index is 1.64. The molecule has 0 spiro atoms. The molecule has 0 saturated heterocycles. The maximum absolute atomic E-state index is 12.4. The van der Waals surface area contributed by atoms with E-state index in [-0.39, 0.29) is 5.91 Å². The van der Waals surface area contributed by atoms with Crippen molar-refractivity contribution in [3.63, 3.8) is 0 Å². The first-order valence-electron chi connectivity index (χ1n) is 7.46. The molecule has 0 saturated carbocycles. The predicted octanol–water partition coefficient (Wildman–Crippen LogP) is 4.07. The fraction of sp³-hybridized carbons (Fsp3) is 0.0588. The molecule has 0 aliphatic heterocycles. The molecule has 1 N–H and O–H groups in total. The molecular formula is C17H12ClN5OS. The second kappa shape index (κ2) is 6.27. The van der Waals surface area contributed by atoms with Crippen LogP contribution < -0.4 is 5.32 Å². The van der Waals surface area contributed by atoms with Crippen molar-refractivity contribution in [1.82, 2.24) is 19.8 Å². The van der Waals surface area contributed by atoms with Gasteiger partial charge in [0.05, 0.1) is 0 Å². The van der Waals surface area contributed by atoms with Gasteiger partial charge in [0.15, 0.2) is 5.82 Å². The number of nitrogens with one attached hydrogen (secondary N) is 1. The Labute approximate surface area is 152 Å². The van der Waals surface area contributed by atoms with Gasteiger partial charge in [-0.25, -0.2) is 0 Å². The van der Waals surface area contributed by atoms with Crippen LogP contribution in [0.1, 0.15) is 15.9 Å². The average Bonchev–Trinajstić information content (AvgIpc) is 3.16. The van der Waals surface area contributed by atoms with Crippen molar-refractivity contribution in [3.8, 4) is 11.4 Å². The van der Waals surface area contributed by atoms with E-state index in [1.807, 2.05) is 37.3 Å². The molecule has 2 aromatic carbocycles. The van der Waals surface area contributed by atoms with Crippen LogP contribution in [0.5, 0.6) is 0 Å². The first-order valence-corrected chi connectivity index (χ1v) is 8.66. The molecule has 4 rings (SSSR count). The number of halogens is 1. The lowest BCUT2D eigenvalue weighted by atomic mass is 10.1. The molecule has 8 heteroatoms. The molecule has 0 radical (unpaired) electrons. The highest BCUT2D eigenvalue weighted by Gasteiger charge is 2.15. The standard InChI is InChI=1S/C17H12ClN5OS/c1-10-3-2-4-12(9-10)15(24)19-16-22-23-14(20-21-17(23)25-16)11-5-7-13(18)8-6-11/h2-9H,1H3,(H,19,22,24). The van der Waals surface area contributed by atoms with Gasteiger partial charge in [-0.1, -0.05) is 40.6 Å². The van der Waals surface area contributed by atoms with E-state index in [9.17, 15) is 4.79 Å².